The number of nitrogens with one attached hydrogen (secondary N) is 1. The molecule has 2 rings (SSSR count). The van der Waals surface area contributed by atoms with E-state index in [1.54, 1.807) is 6.92 Å². The van der Waals surface area contributed by atoms with Crippen LogP contribution in [0.15, 0.2) is 30.3 Å². The van der Waals surface area contributed by atoms with Crippen LogP contribution in [0.25, 0.3) is 0 Å². The number of ether oxygens (including phenoxy) is 4. The Morgan fingerprint density at radius 1 is 1.17 bits per heavy atom. The predicted molar refractivity (Wildman–Crippen MR) is 85.5 cm³/mol. The van der Waals surface area contributed by atoms with Gasteiger partial charge in [-0.3, -0.25) is 0 Å². The lowest BCUT2D eigenvalue weighted by atomic mass is 10.0. The molecule has 1 saturated heterocycles. The van der Waals surface area contributed by atoms with Gasteiger partial charge in [-0.15, -0.1) is 0 Å². The van der Waals surface area contributed by atoms with Crippen molar-refractivity contribution in [2.24, 2.45) is 0 Å². The lowest BCUT2D eigenvalue weighted by Gasteiger charge is -2.29. The van der Waals surface area contributed by atoms with Crippen molar-refractivity contribution in [3.05, 3.63) is 35.9 Å². The Morgan fingerprint density at radius 2 is 1.88 bits per heavy atom. The van der Waals surface area contributed by atoms with Crippen LogP contribution in [0.1, 0.15) is 24.8 Å². The van der Waals surface area contributed by atoms with Crippen LogP contribution in [0, 0.1) is 0 Å². The first-order chi connectivity index (χ1) is 11.7. The van der Waals surface area contributed by atoms with Gasteiger partial charge in [0.25, 0.3) is 0 Å². The molecule has 132 valence electrons. The first-order valence-electron chi connectivity index (χ1n) is 8.03. The fraction of sp³-hybridized carbons (Fsp3) is 0.529. The summed E-state index contributed by atoms with van der Waals surface area (Å²) in [7, 11) is 0. The number of rotatable bonds is 7. The monoisotopic (exact) mass is 337 g/mol. The van der Waals surface area contributed by atoms with E-state index in [0.717, 1.165) is 0 Å². The van der Waals surface area contributed by atoms with Gasteiger partial charge < -0.3 is 24.3 Å². The summed E-state index contributed by atoms with van der Waals surface area (Å²) >= 11 is 0. The highest BCUT2D eigenvalue weighted by molar-refractivity contribution is 5.75. The van der Waals surface area contributed by atoms with Crippen LogP contribution in [0.3, 0.4) is 0 Å². The maximum absolute atomic E-state index is 11.4. The summed E-state index contributed by atoms with van der Waals surface area (Å²) in [5, 5.41) is 2.54. The van der Waals surface area contributed by atoms with Crippen molar-refractivity contribution in [1.82, 2.24) is 5.32 Å². The van der Waals surface area contributed by atoms with E-state index in [1.165, 1.54) is 5.56 Å². The molecule has 0 bridgehead atoms. The minimum Gasteiger partial charge on any atom is -0.463 e. The van der Waals surface area contributed by atoms with Gasteiger partial charge in [-0.25, -0.2) is 9.59 Å². The van der Waals surface area contributed by atoms with E-state index in [4.69, 9.17) is 14.2 Å². The Bertz CT molecular complexity index is 513. The van der Waals surface area contributed by atoms with Crippen molar-refractivity contribution in [2.45, 2.75) is 25.6 Å². The predicted octanol–water partition coefficient (Wildman–Crippen LogP) is 1.82. The number of benzene rings is 1. The van der Waals surface area contributed by atoms with Crippen molar-refractivity contribution >= 4 is 12.1 Å². The first-order valence-corrected chi connectivity index (χ1v) is 8.03. The van der Waals surface area contributed by atoms with Crippen molar-refractivity contribution < 1.29 is 28.5 Å². The third-order valence-corrected chi connectivity index (χ3v) is 3.51. The highest BCUT2D eigenvalue weighted by atomic mass is 16.7. The fourth-order valence-electron chi connectivity index (χ4n) is 2.30. The van der Waals surface area contributed by atoms with E-state index in [2.05, 4.69) is 22.2 Å². The molecule has 1 aromatic rings. The zero-order chi connectivity index (χ0) is 17.2. The minimum absolute atomic E-state index is 0.227. The summed E-state index contributed by atoms with van der Waals surface area (Å²) in [4.78, 5) is 22.5. The zero-order valence-electron chi connectivity index (χ0n) is 13.7. The number of alkyl carbamates (subject to hydrolysis) is 1. The van der Waals surface area contributed by atoms with Gasteiger partial charge in [-0.2, -0.15) is 0 Å². The van der Waals surface area contributed by atoms with E-state index in [0.29, 0.717) is 26.2 Å². The molecule has 0 atom stereocenters. The van der Waals surface area contributed by atoms with Crippen LogP contribution < -0.4 is 5.32 Å². The molecule has 7 nitrogen and oxygen atoms in total. The maximum Gasteiger partial charge on any atom is 0.407 e. The standard InChI is InChI=1S/C17H23NO6/c1-2-21-15(19)12-24-17(20)18-9-8-16-22-10-14(11-23-16)13-6-4-3-5-7-13/h3-7,14,16H,2,8-12H2,1H3,(H,18,20)/t14-,16-. The smallest absolute Gasteiger partial charge is 0.407 e. The molecule has 24 heavy (non-hydrogen) atoms. The molecular weight excluding hydrogens is 314 g/mol. The van der Waals surface area contributed by atoms with Crippen molar-refractivity contribution in [3.63, 3.8) is 0 Å². The second-order valence-electron chi connectivity index (χ2n) is 5.30. The molecule has 1 N–H and O–H groups in total. The van der Waals surface area contributed by atoms with Crippen LogP contribution in [-0.4, -0.2) is 51.3 Å². The summed E-state index contributed by atoms with van der Waals surface area (Å²) in [6.07, 6.45) is -0.507. The topological polar surface area (TPSA) is 83.1 Å². The molecule has 0 aliphatic carbocycles. The molecule has 7 heteroatoms. The van der Waals surface area contributed by atoms with E-state index in [9.17, 15) is 9.59 Å². The maximum atomic E-state index is 11.4. The number of amides is 1. The molecule has 0 unspecified atom stereocenters. The van der Waals surface area contributed by atoms with Gasteiger partial charge >= 0.3 is 12.1 Å². The highest BCUT2D eigenvalue weighted by Crippen LogP contribution is 2.22. The summed E-state index contributed by atoms with van der Waals surface area (Å²) in [5.41, 5.74) is 1.19. The molecule has 1 fully saturated rings. The first kappa shape index (κ1) is 18.2. The number of carbonyl (C=O) groups excluding carboxylic acids is 2. The van der Waals surface area contributed by atoms with Gasteiger partial charge in [-0.1, -0.05) is 30.3 Å². The molecule has 0 saturated carbocycles. The molecular formula is C17H23NO6. The van der Waals surface area contributed by atoms with Crippen molar-refractivity contribution in [1.29, 1.82) is 0 Å². The van der Waals surface area contributed by atoms with Crippen LogP contribution >= 0.6 is 0 Å². The van der Waals surface area contributed by atoms with E-state index >= 15 is 0 Å². The lowest BCUT2D eigenvalue weighted by molar-refractivity contribution is -0.188. The fourth-order valence-corrected chi connectivity index (χ4v) is 2.30. The van der Waals surface area contributed by atoms with Gasteiger partial charge in [0.1, 0.15) is 0 Å². The third-order valence-electron chi connectivity index (χ3n) is 3.51. The summed E-state index contributed by atoms with van der Waals surface area (Å²) in [5.74, 6) is -0.344. The Kier molecular flexibility index (Phi) is 7.51. The normalized spacial score (nSPS) is 20.2. The van der Waals surface area contributed by atoms with E-state index in [-0.39, 0.29) is 18.8 Å². The van der Waals surface area contributed by atoms with Crippen LogP contribution in [0.4, 0.5) is 4.79 Å². The van der Waals surface area contributed by atoms with E-state index in [1.807, 2.05) is 18.2 Å². The molecule has 0 aromatic heterocycles. The minimum atomic E-state index is -0.666. The number of carbonyl (C=O) groups is 2. The third kappa shape index (κ3) is 6.17. The average molecular weight is 337 g/mol. The Hall–Kier alpha value is -2.12. The van der Waals surface area contributed by atoms with Gasteiger partial charge in [0.2, 0.25) is 0 Å². The molecule has 1 aromatic carbocycles. The van der Waals surface area contributed by atoms with Crippen LogP contribution in [0.5, 0.6) is 0 Å². The van der Waals surface area contributed by atoms with Crippen molar-refractivity contribution in [3.8, 4) is 0 Å². The molecule has 1 aliphatic heterocycles. The Balaban J connectivity index is 1.58. The summed E-state index contributed by atoms with van der Waals surface area (Å²) in [6, 6.07) is 10.1. The quantitative estimate of drug-likeness (QED) is 0.764. The lowest BCUT2D eigenvalue weighted by Crippen LogP contribution is -2.35. The van der Waals surface area contributed by atoms with Gasteiger partial charge in [0, 0.05) is 18.9 Å². The van der Waals surface area contributed by atoms with E-state index < -0.39 is 18.7 Å². The highest BCUT2D eigenvalue weighted by Gasteiger charge is 2.23. The number of hydrogen-bond donors (Lipinski definition) is 1. The Labute approximate surface area is 141 Å². The van der Waals surface area contributed by atoms with Gasteiger partial charge in [0.05, 0.1) is 19.8 Å². The largest absolute Gasteiger partial charge is 0.463 e. The molecule has 1 amide bonds. The SMILES string of the molecule is CCOC(=O)COC(=O)NCC[C@H]1OC[C@H](c2ccccc2)CO1. The number of hydrogen-bond acceptors (Lipinski definition) is 6. The van der Waals surface area contributed by atoms with Gasteiger partial charge in [-0.05, 0) is 12.5 Å². The number of esters is 1. The second kappa shape index (κ2) is 9.89. The molecule has 1 aliphatic rings. The zero-order valence-corrected chi connectivity index (χ0v) is 13.7. The molecule has 0 spiro atoms. The second-order valence-corrected chi connectivity index (χ2v) is 5.30. The average Bonchev–Trinajstić information content (AvgIpc) is 2.62. The molecule has 0 radical (unpaired) electrons. The summed E-state index contributed by atoms with van der Waals surface area (Å²) in [6.45, 7) is 3.05. The van der Waals surface area contributed by atoms with Crippen molar-refractivity contribution in [2.75, 3.05) is 33.0 Å². The van der Waals surface area contributed by atoms with Crippen LogP contribution in [-0.2, 0) is 23.7 Å². The van der Waals surface area contributed by atoms with Gasteiger partial charge in [0.15, 0.2) is 12.9 Å². The Morgan fingerprint density at radius 3 is 2.54 bits per heavy atom. The van der Waals surface area contributed by atoms with Crippen LogP contribution in [0.2, 0.25) is 0 Å². The molecule has 1 heterocycles. The summed E-state index contributed by atoms with van der Waals surface area (Å²) < 4.78 is 20.7.